The SMILES string of the molecule is C=CCOc1ccccc1/C=c1/sc2n(c1=O)[C@H](c1ccc(OC)cc1)C(C(=O)Nc1ccccc1)=C(C)N=2. The van der Waals surface area contributed by atoms with E-state index in [0.717, 1.165) is 11.1 Å². The third-order valence-electron chi connectivity index (χ3n) is 6.29. The van der Waals surface area contributed by atoms with Gasteiger partial charge in [0.05, 0.1) is 29.0 Å². The molecule has 1 aliphatic rings. The lowest BCUT2D eigenvalue weighted by atomic mass is 9.95. The lowest BCUT2D eigenvalue weighted by Gasteiger charge is -2.25. The Kier molecular flexibility index (Phi) is 7.56. The van der Waals surface area contributed by atoms with E-state index in [4.69, 9.17) is 14.5 Å². The van der Waals surface area contributed by atoms with Crippen LogP contribution in [0.25, 0.3) is 6.08 Å². The minimum atomic E-state index is -0.676. The molecule has 0 fully saturated rings. The highest BCUT2D eigenvalue weighted by Crippen LogP contribution is 2.31. The zero-order chi connectivity index (χ0) is 27.4. The highest BCUT2D eigenvalue weighted by molar-refractivity contribution is 7.07. The van der Waals surface area contributed by atoms with Crippen molar-refractivity contribution in [1.29, 1.82) is 0 Å². The van der Waals surface area contributed by atoms with Gasteiger partial charge >= 0.3 is 0 Å². The summed E-state index contributed by atoms with van der Waals surface area (Å²) in [5.41, 5.74) is 2.90. The molecule has 39 heavy (non-hydrogen) atoms. The molecular formula is C31H27N3O4S. The van der Waals surface area contributed by atoms with Crippen LogP contribution < -0.4 is 29.7 Å². The molecule has 4 aromatic rings. The fraction of sp³-hybridized carbons (Fsp3) is 0.129. The van der Waals surface area contributed by atoms with Crippen molar-refractivity contribution in [2.75, 3.05) is 19.0 Å². The fourth-order valence-electron chi connectivity index (χ4n) is 4.45. The molecule has 0 saturated heterocycles. The quantitative estimate of drug-likeness (QED) is 0.337. The van der Waals surface area contributed by atoms with Gasteiger partial charge in [0.1, 0.15) is 18.1 Å². The van der Waals surface area contributed by atoms with E-state index in [0.29, 0.717) is 44.4 Å². The number of amides is 1. The summed E-state index contributed by atoms with van der Waals surface area (Å²) in [6.45, 7) is 5.85. The first-order valence-electron chi connectivity index (χ1n) is 12.4. The number of hydrogen-bond acceptors (Lipinski definition) is 6. The maximum Gasteiger partial charge on any atom is 0.271 e. The van der Waals surface area contributed by atoms with Crippen molar-refractivity contribution in [2.45, 2.75) is 13.0 Å². The van der Waals surface area contributed by atoms with Crippen molar-refractivity contribution >= 4 is 29.0 Å². The third-order valence-corrected chi connectivity index (χ3v) is 7.27. The number of ether oxygens (including phenoxy) is 2. The molecule has 5 rings (SSSR count). The average Bonchev–Trinajstić information content (AvgIpc) is 3.26. The molecule has 2 heterocycles. The minimum Gasteiger partial charge on any atom is -0.497 e. The number of aromatic nitrogens is 1. The molecule has 0 saturated carbocycles. The molecule has 196 valence electrons. The smallest absolute Gasteiger partial charge is 0.271 e. The van der Waals surface area contributed by atoms with E-state index >= 15 is 0 Å². The second-order valence-corrected chi connectivity index (χ2v) is 9.82. The van der Waals surface area contributed by atoms with Gasteiger partial charge in [0.15, 0.2) is 4.80 Å². The number of anilines is 1. The first-order valence-corrected chi connectivity index (χ1v) is 13.2. The van der Waals surface area contributed by atoms with Gasteiger partial charge < -0.3 is 14.8 Å². The van der Waals surface area contributed by atoms with Crippen molar-refractivity contribution < 1.29 is 14.3 Å². The number of methoxy groups -OCH3 is 1. The monoisotopic (exact) mass is 537 g/mol. The molecule has 0 radical (unpaired) electrons. The number of allylic oxidation sites excluding steroid dienone is 1. The normalized spacial score (nSPS) is 14.8. The number of carbonyl (C=O) groups is 1. The maximum atomic E-state index is 13.9. The Morgan fingerprint density at radius 3 is 2.51 bits per heavy atom. The van der Waals surface area contributed by atoms with E-state index in [1.807, 2.05) is 78.9 Å². The summed E-state index contributed by atoms with van der Waals surface area (Å²) in [5, 5.41) is 2.96. The number of hydrogen-bond donors (Lipinski definition) is 1. The second-order valence-electron chi connectivity index (χ2n) is 8.81. The van der Waals surface area contributed by atoms with Crippen LogP contribution in [0.5, 0.6) is 11.5 Å². The maximum absolute atomic E-state index is 13.9. The molecule has 0 spiro atoms. The Morgan fingerprint density at radius 1 is 1.08 bits per heavy atom. The largest absolute Gasteiger partial charge is 0.497 e. The molecule has 1 N–H and O–H groups in total. The number of thiazole rings is 1. The Bertz CT molecular complexity index is 1740. The summed E-state index contributed by atoms with van der Waals surface area (Å²) < 4.78 is 13.2. The number of fused-ring (bicyclic) bond motifs is 1. The first kappa shape index (κ1) is 25.9. The van der Waals surface area contributed by atoms with Crippen molar-refractivity contribution in [2.24, 2.45) is 4.99 Å². The Labute approximate surface area is 229 Å². The number of carbonyl (C=O) groups excluding carboxylic acids is 1. The van der Waals surface area contributed by atoms with Gasteiger partial charge in [-0.15, -0.1) is 0 Å². The molecule has 1 aliphatic heterocycles. The van der Waals surface area contributed by atoms with Crippen molar-refractivity contribution in [3.8, 4) is 11.5 Å². The molecule has 1 amide bonds. The number of benzene rings is 3. The van der Waals surface area contributed by atoms with Crippen molar-refractivity contribution in [1.82, 2.24) is 4.57 Å². The van der Waals surface area contributed by atoms with Crippen LogP contribution in [0.1, 0.15) is 24.1 Å². The summed E-state index contributed by atoms with van der Waals surface area (Å²) in [7, 11) is 1.59. The van der Waals surface area contributed by atoms with E-state index in [1.54, 1.807) is 30.8 Å². The lowest BCUT2D eigenvalue weighted by molar-refractivity contribution is -0.113. The van der Waals surface area contributed by atoms with Gasteiger partial charge in [0.2, 0.25) is 0 Å². The molecule has 0 unspecified atom stereocenters. The van der Waals surface area contributed by atoms with Gasteiger partial charge in [-0.2, -0.15) is 0 Å². The van der Waals surface area contributed by atoms with Crippen LogP contribution in [0.4, 0.5) is 5.69 Å². The molecule has 3 aromatic carbocycles. The molecule has 8 heteroatoms. The zero-order valence-electron chi connectivity index (χ0n) is 21.6. The number of rotatable bonds is 8. The van der Waals surface area contributed by atoms with Crippen LogP contribution in [0.2, 0.25) is 0 Å². The van der Waals surface area contributed by atoms with E-state index in [2.05, 4.69) is 11.9 Å². The number of para-hydroxylation sites is 2. The lowest BCUT2D eigenvalue weighted by Crippen LogP contribution is -2.40. The van der Waals surface area contributed by atoms with Crippen LogP contribution in [-0.2, 0) is 4.79 Å². The van der Waals surface area contributed by atoms with Gasteiger partial charge in [-0.25, -0.2) is 4.99 Å². The summed E-state index contributed by atoms with van der Waals surface area (Å²) >= 11 is 1.28. The van der Waals surface area contributed by atoms with Crippen LogP contribution in [0, 0.1) is 0 Å². The van der Waals surface area contributed by atoms with Crippen molar-refractivity contribution in [3.63, 3.8) is 0 Å². The van der Waals surface area contributed by atoms with Crippen molar-refractivity contribution in [3.05, 3.63) is 134 Å². The van der Waals surface area contributed by atoms with Gasteiger partial charge in [-0.1, -0.05) is 72.5 Å². The Hall–Kier alpha value is -4.69. The van der Waals surface area contributed by atoms with E-state index in [9.17, 15) is 9.59 Å². The predicted molar refractivity (Wildman–Crippen MR) is 154 cm³/mol. The molecular weight excluding hydrogens is 510 g/mol. The van der Waals surface area contributed by atoms with Crippen LogP contribution in [-0.4, -0.2) is 24.2 Å². The molecule has 7 nitrogen and oxygen atoms in total. The molecule has 1 atom stereocenters. The van der Waals surface area contributed by atoms with Crippen LogP contribution in [0.3, 0.4) is 0 Å². The minimum absolute atomic E-state index is 0.240. The fourth-order valence-corrected chi connectivity index (χ4v) is 5.49. The zero-order valence-corrected chi connectivity index (χ0v) is 22.4. The van der Waals surface area contributed by atoms with Gasteiger partial charge in [-0.05, 0) is 48.9 Å². The van der Waals surface area contributed by atoms with E-state index in [1.165, 1.54) is 11.3 Å². The second kappa shape index (κ2) is 11.4. The summed E-state index contributed by atoms with van der Waals surface area (Å²) in [6, 6.07) is 23.4. The van der Waals surface area contributed by atoms with E-state index < -0.39 is 6.04 Å². The Balaban J connectivity index is 1.66. The number of nitrogens with one attached hydrogen (secondary N) is 1. The third kappa shape index (κ3) is 5.32. The first-order chi connectivity index (χ1) is 19.0. The predicted octanol–water partition coefficient (Wildman–Crippen LogP) is 4.45. The molecule has 0 aliphatic carbocycles. The highest BCUT2D eigenvalue weighted by atomic mass is 32.1. The summed E-state index contributed by atoms with van der Waals surface area (Å²) in [6.07, 6.45) is 3.47. The van der Waals surface area contributed by atoms with Crippen LogP contribution in [0.15, 0.2) is 113 Å². The van der Waals surface area contributed by atoms with Gasteiger partial charge in [0, 0.05) is 11.3 Å². The topological polar surface area (TPSA) is 81.9 Å². The molecule has 1 aromatic heterocycles. The number of nitrogens with zero attached hydrogens (tertiary/aromatic N) is 2. The highest BCUT2D eigenvalue weighted by Gasteiger charge is 2.32. The summed E-state index contributed by atoms with van der Waals surface area (Å²) in [4.78, 5) is 32.8. The van der Waals surface area contributed by atoms with Gasteiger partial charge in [0.25, 0.3) is 11.5 Å². The average molecular weight is 538 g/mol. The summed E-state index contributed by atoms with van der Waals surface area (Å²) in [5.74, 6) is 1.01. The van der Waals surface area contributed by atoms with Gasteiger partial charge in [-0.3, -0.25) is 14.2 Å². The van der Waals surface area contributed by atoms with Crippen LogP contribution >= 0.6 is 11.3 Å². The standard InChI is InChI=1S/C31H27N3O4S/c1-4-18-38-25-13-9-8-10-22(25)19-26-30(36)34-28(21-14-16-24(37-3)17-15-21)27(20(2)32-31(34)39-26)29(35)33-23-11-6-5-7-12-23/h4-17,19,28H,1,18H2,2-3H3,(H,33,35)/b26-19+/t28-/m1/s1. The molecule has 0 bridgehead atoms. The van der Waals surface area contributed by atoms with E-state index in [-0.39, 0.29) is 11.5 Å². The Morgan fingerprint density at radius 2 is 1.79 bits per heavy atom.